The highest BCUT2D eigenvalue weighted by atomic mass is 16.5. The normalized spacial score (nSPS) is 16.9. The Labute approximate surface area is 215 Å². The molecule has 3 aromatic carbocycles. The number of hydrogen-bond acceptors (Lipinski definition) is 8. The maximum Gasteiger partial charge on any atom is 0.337 e. The topological polar surface area (TPSA) is 110 Å². The molecule has 0 saturated carbocycles. The fraction of sp³-hybridized carbons (Fsp3) is 0.250. The lowest BCUT2D eigenvalue weighted by Gasteiger charge is -2.15. The zero-order chi connectivity index (χ0) is 26.2. The van der Waals surface area contributed by atoms with Gasteiger partial charge in [0.2, 0.25) is 0 Å². The van der Waals surface area contributed by atoms with Crippen LogP contribution in [0.5, 0.6) is 11.5 Å². The summed E-state index contributed by atoms with van der Waals surface area (Å²) in [5.41, 5.74) is 13.2. The monoisotopic (exact) mass is 502 g/mol. The summed E-state index contributed by atoms with van der Waals surface area (Å²) in [7, 11) is 2.94. The van der Waals surface area contributed by atoms with Crippen molar-refractivity contribution in [2.45, 2.75) is 32.0 Å². The van der Waals surface area contributed by atoms with Gasteiger partial charge in [-0.2, -0.15) is 5.10 Å². The summed E-state index contributed by atoms with van der Waals surface area (Å²) in [4.78, 5) is 24.1. The Bertz CT molecular complexity index is 1260. The summed E-state index contributed by atoms with van der Waals surface area (Å²) >= 11 is 0. The van der Waals surface area contributed by atoms with E-state index in [0.717, 1.165) is 16.7 Å². The molecule has 0 aliphatic carbocycles. The maximum absolute atomic E-state index is 12.6. The van der Waals surface area contributed by atoms with E-state index >= 15 is 0 Å². The lowest BCUT2D eigenvalue weighted by atomic mass is 10.0. The second kappa shape index (κ2) is 12.2. The quantitative estimate of drug-likeness (QED) is 0.234. The number of hydrazone groups is 1. The van der Waals surface area contributed by atoms with Crippen molar-refractivity contribution in [2.75, 3.05) is 14.2 Å². The van der Waals surface area contributed by atoms with Crippen molar-refractivity contribution in [1.29, 1.82) is 0 Å². The van der Waals surface area contributed by atoms with Crippen LogP contribution in [0, 0.1) is 6.92 Å². The van der Waals surface area contributed by atoms with E-state index in [9.17, 15) is 9.59 Å². The number of esters is 1. The molecule has 0 aromatic heterocycles. The van der Waals surface area contributed by atoms with E-state index in [1.165, 1.54) is 18.9 Å². The number of hydrazine groups is 1. The van der Waals surface area contributed by atoms with Crippen LogP contribution >= 0.6 is 0 Å². The van der Waals surface area contributed by atoms with Gasteiger partial charge in [0.15, 0.2) is 11.5 Å². The summed E-state index contributed by atoms with van der Waals surface area (Å²) in [6, 6.07) is 20.1. The van der Waals surface area contributed by atoms with Gasteiger partial charge in [0.1, 0.15) is 12.6 Å². The first-order chi connectivity index (χ1) is 18.0. The molecule has 1 amide bonds. The van der Waals surface area contributed by atoms with Gasteiger partial charge < -0.3 is 14.2 Å². The van der Waals surface area contributed by atoms with Crippen LogP contribution in [-0.4, -0.2) is 38.4 Å². The standard InChI is InChI=1S/C28H30N4O5/c1-18-4-6-20(7-5-18)17-37-25-13-12-22(14-26(25)35-2)23-15-24(31-30-23)27(33)32-29-16-19-8-10-21(11-9-19)28(34)36-3/h4-14,16,23-24,30-31H,15,17H2,1-3H3,(H,32,33)/b29-16-. The van der Waals surface area contributed by atoms with Crippen LogP contribution in [0.3, 0.4) is 0 Å². The minimum Gasteiger partial charge on any atom is -0.493 e. The minimum atomic E-state index is -0.465. The van der Waals surface area contributed by atoms with E-state index in [1.54, 1.807) is 31.4 Å². The molecule has 0 radical (unpaired) electrons. The molecule has 2 atom stereocenters. The van der Waals surface area contributed by atoms with Crippen LogP contribution in [0.15, 0.2) is 71.8 Å². The van der Waals surface area contributed by atoms with E-state index in [-0.39, 0.29) is 11.9 Å². The van der Waals surface area contributed by atoms with Crippen molar-refractivity contribution in [3.8, 4) is 11.5 Å². The molecule has 9 nitrogen and oxygen atoms in total. The SMILES string of the molecule is COC(=O)c1ccc(/C=N\NC(=O)C2CC(c3ccc(OCc4ccc(C)cc4)c(OC)c3)NN2)cc1. The lowest BCUT2D eigenvalue weighted by molar-refractivity contribution is -0.122. The Hall–Kier alpha value is -4.21. The lowest BCUT2D eigenvalue weighted by Crippen LogP contribution is -2.41. The molecule has 1 heterocycles. The van der Waals surface area contributed by atoms with Crippen LogP contribution in [0.2, 0.25) is 0 Å². The fourth-order valence-corrected chi connectivity index (χ4v) is 3.88. The van der Waals surface area contributed by atoms with E-state index in [1.807, 2.05) is 37.3 Å². The summed E-state index contributed by atoms with van der Waals surface area (Å²) < 4.78 is 16.2. The highest BCUT2D eigenvalue weighted by molar-refractivity contribution is 5.91. The average Bonchev–Trinajstić information content (AvgIpc) is 3.43. The van der Waals surface area contributed by atoms with E-state index < -0.39 is 12.0 Å². The van der Waals surface area contributed by atoms with Crippen molar-refractivity contribution in [3.63, 3.8) is 0 Å². The van der Waals surface area contributed by atoms with Gasteiger partial charge in [-0.05, 0) is 54.3 Å². The first-order valence-corrected chi connectivity index (χ1v) is 11.9. The molecular weight excluding hydrogens is 472 g/mol. The van der Waals surface area contributed by atoms with Gasteiger partial charge >= 0.3 is 5.97 Å². The number of rotatable bonds is 9. The first-order valence-electron chi connectivity index (χ1n) is 11.9. The van der Waals surface area contributed by atoms with Crippen molar-refractivity contribution >= 4 is 18.1 Å². The molecule has 1 aliphatic rings. The minimum absolute atomic E-state index is 0.0920. The van der Waals surface area contributed by atoms with Crippen molar-refractivity contribution in [2.24, 2.45) is 5.10 Å². The largest absolute Gasteiger partial charge is 0.493 e. The summed E-state index contributed by atoms with van der Waals surface area (Å²) in [5.74, 6) is 0.610. The van der Waals surface area contributed by atoms with Gasteiger partial charge in [-0.25, -0.2) is 21.1 Å². The molecule has 1 saturated heterocycles. The van der Waals surface area contributed by atoms with Gasteiger partial charge in [-0.15, -0.1) is 0 Å². The van der Waals surface area contributed by atoms with Gasteiger partial charge in [-0.3, -0.25) is 4.79 Å². The second-order valence-electron chi connectivity index (χ2n) is 8.66. The molecule has 3 N–H and O–H groups in total. The molecular formula is C28H30N4O5. The third-order valence-corrected chi connectivity index (χ3v) is 6.04. The number of methoxy groups -OCH3 is 2. The Morgan fingerprint density at radius 2 is 1.76 bits per heavy atom. The van der Waals surface area contributed by atoms with Crippen LogP contribution in [0.4, 0.5) is 0 Å². The predicted molar refractivity (Wildman–Crippen MR) is 139 cm³/mol. The highest BCUT2D eigenvalue weighted by Crippen LogP contribution is 2.33. The number of benzene rings is 3. The van der Waals surface area contributed by atoms with E-state index in [4.69, 9.17) is 9.47 Å². The summed E-state index contributed by atoms with van der Waals surface area (Å²) in [6.07, 6.45) is 2.04. The number of carbonyl (C=O) groups is 2. The third-order valence-electron chi connectivity index (χ3n) is 6.04. The van der Waals surface area contributed by atoms with E-state index in [2.05, 4.69) is 38.2 Å². The molecule has 1 fully saturated rings. The molecule has 0 bridgehead atoms. The fourth-order valence-electron chi connectivity index (χ4n) is 3.88. The zero-order valence-corrected chi connectivity index (χ0v) is 21.0. The second-order valence-corrected chi connectivity index (χ2v) is 8.66. The van der Waals surface area contributed by atoms with Crippen LogP contribution in [0.25, 0.3) is 0 Å². The number of hydrogen-bond donors (Lipinski definition) is 3. The number of nitrogens with zero attached hydrogens (tertiary/aromatic N) is 1. The number of nitrogens with one attached hydrogen (secondary N) is 3. The Morgan fingerprint density at radius 3 is 2.46 bits per heavy atom. The summed E-state index contributed by atoms with van der Waals surface area (Å²) in [6.45, 7) is 2.49. The molecule has 4 rings (SSSR count). The van der Waals surface area contributed by atoms with Crippen LogP contribution < -0.4 is 25.8 Å². The van der Waals surface area contributed by atoms with Crippen molar-refractivity contribution < 1.29 is 23.8 Å². The third kappa shape index (κ3) is 6.72. The molecule has 1 aliphatic heterocycles. The number of carbonyl (C=O) groups excluding carboxylic acids is 2. The first kappa shape index (κ1) is 25.9. The smallest absolute Gasteiger partial charge is 0.337 e. The molecule has 37 heavy (non-hydrogen) atoms. The Kier molecular flexibility index (Phi) is 8.50. The highest BCUT2D eigenvalue weighted by Gasteiger charge is 2.30. The number of amides is 1. The number of ether oxygens (including phenoxy) is 3. The van der Waals surface area contributed by atoms with E-state index in [0.29, 0.717) is 30.1 Å². The van der Waals surface area contributed by atoms with Crippen molar-refractivity contribution in [1.82, 2.24) is 16.3 Å². The van der Waals surface area contributed by atoms with Gasteiger partial charge in [0.25, 0.3) is 5.91 Å². The van der Waals surface area contributed by atoms with Crippen molar-refractivity contribution in [3.05, 3.63) is 94.5 Å². The van der Waals surface area contributed by atoms with Crippen LogP contribution in [0.1, 0.15) is 45.1 Å². The summed E-state index contributed by atoms with van der Waals surface area (Å²) in [5, 5.41) is 4.02. The number of aryl methyl sites for hydroxylation is 1. The molecule has 9 heteroatoms. The van der Waals surface area contributed by atoms with Gasteiger partial charge in [0.05, 0.1) is 26.0 Å². The molecule has 0 spiro atoms. The predicted octanol–water partition coefficient (Wildman–Crippen LogP) is 3.43. The maximum atomic E-state index is 12.6. The molecule has 2 unspecified atom stereocenters. The zero-order valence-electron chi connectivity index (χ0n) is 21.0. The van der Waals surface area contributed by atoms with Gasteiger partial charge in [0, 0.05) is 6.04 Å². The van der Waals surface area contributed by atoms with Gasteiger partial charge in [-0.1, -0.05) is 48.0 Å². The molecule has 3 aromatic rings. The van der Waals surface area contributed by atoms with Crippen LogP contribution in [-0.2, 0) is 16.1 Å². The average molecular weight is 503 g/mol. The molecule has 192 valence electrons. The Morgan fingerprint density at radius 1 is 1.00 bits per heavy atom. The Balaban J connectivity index is 1.30.